The van der Waals surface area contributed by atoms with E-state index >= 15 is 0 Å². The first-order valence-electron chi connectivity index (χ1n) is 8.21. The summed E-state index contributed by atoms with van der Waals surface area (Å²) in [6.07, 6.45) is 1.32. The number of morpholine rings is 2. The Morgan fingerprint density at radius 3 is 1.87 bits per heavy atom. The number of Topliss-reactive ketones (excluding diaryl/α,β-unsaturated/α-hetero) is 1. The van der Waals surface area contributed by atoms with Gasteiger partial charge in [-0.25, -0.2) is 0 Å². The molecule has 6 nitrogen and oxygen atoms in total. The van der Waals surface area contributed by atoms with Gasteiger partial charge in [0.05, 0.1) is 32.6 Å². The normalized spacial score (nSPS) is 25.3. The molecule has 2 saturated heterocycles. The van der Waals surface area contributed by atoms with Gasteiger partial charge in [-0.1, -0.05) is 0 Å². The summed E-state index contributed by atoms with van der Waals surface area (Å²) < 4.78 is 10.9. The van der Waals surface area contributed by atoms with Crippen LogP contribution in [0, 0.1) is 0 Å². The van der Waals surface area contributed by atoms with Crippen LogP contribution >= 0.6 is 0 Å². The van der Waals surface area contributed by atoms with Gasteiger partial charge >= 0.3 is 0 Å². The fourth-order valence-corrected chi connectivity index (χ4v) is 3.50. The Kier molecular flexibility index (Phi) is 5.06. The van der Waals surface area contributed by atoms with Crippen molar-refractivity contribution >= 4 is 11.6 Å². The molecule has 0 aromatic rings. The summed E-state index contributed by atoms with van der Waals surface area (Å²) in [4.78, 5) is 29.6. The number of ketones is 2. The molecule has 0 saturated carbocycles. The van der Waals surface area contributed by atoms with E-state index in [-0.39, 0.29) is 17.7 Å². The number of hydrogen-bond donors (Lipinski definition) is 0. The van der Waals surface area contributed by atoms with E-state index in [2.05, 4.69) is 9.80 Å². The molecule has 23 heavy (non-hydrogen) atoms. The van der Waals surface area contributed by atoms with Gasteiger partial charge in [-0.15, -0.1) is 0 Å². The predicted molar refractivity (Wildman–Crippen MR) is 85.0 cm³/mol. The molecule has 0 atom stereocenters. The fourth-order valence-electron chi connectivity index (χ4n) is 3.50. The van der Waals surface area contributed by atoms with E-state index < -0.39 is 0 Å². The molecule has 2 fully saturated rings. The Bertz CT molecular complexity index is 537. The molecule has 126 valence electrons. The highest BCUT2D eigenvalue weighted by molar-refractivity contribution is 6.22. The molecule has 3 aliphatic rings. The average molecular weight is 320 g/mol. The van der Waals surface area contributed by atoms with Crippen molar-refractivity contribution in [1.82, 2.24) is 9.80 Å². The van der Waals surface area contributed by atoms with Gasteiger partial charge in [-0.05, 0) is 19.9 Å². The number of carbonyl (C=O) groups is 2. The highest BCUT2D eigenvalue weighted by Crippen LogP contribution is 2.27. The Labute approximate surface area is 136 Å². The highest BCUT2D eigenvalue weighted by atomic mass is 16.5. The smallest absolute Gasteiger partial charge is 0.185 e. The van der Waals surface area contributed by atoms with Gasteiger partial charge in [-0.3, -0.25) is 19.4 Å². The van der Waals surface area contributed by atoms with Gasteiger partial charge in [0.25, 0.3) is 0 Å². The van der Waals surface area contributed by atoms with E-state index in [0.717, 1.165) is 26.2 Å². The molecule has 0 aromatic heterocycles. The second-order valence-corrected chi connectivity index (χ2v) is 6.23. The summed E-state index contributed by atoms with van der Waals surface area (Å²) in [5, 5.41) is 0. The number of rotatable bonds is 3. The van der Waals surface area contributed by atoms with E-state index in [1.165, 1.54) is 6.08 Å². The van der Waals surface area contributed by atoms with Crippen LogP contribution in [0.1, 0.15) is 13.8 Å². The second kappa shape index (κ2) is 7.05. The van der Waals surface area contributed by atoms with Gasteiger partial charge in [-0.2, -0.15) is 0 Å². The lowest BCUT2D eigenvalue weighted by atomic mass is 9.88. The minimum absolute atomic E-state index is 0.0221. The van der Waals surface area contributed by atoms with Crippen LogP contribution in [0.5, 0.6) is 0 Å². The first kappa shape index (κ1) is 16.5. The third-order valence-corrected chi connectivity index (χ3v) is 4.76. The van der Waals surface area contributed by atoms with Crippen LogP contribution < -0.4 is 0 Å². The monoisotopic (exact) mass is 320 g/mol. The summed E-state index contributed by atoms with van der Waals surface area (Å²) in [5.74, 6) is -0.0614. The summed E-state index contributed by atoms with van der Waals surface area (Å²) in [6.45, 7) is 9.18. The van der Waals surface area contributed by atoms with Crippen molar-refractivity contribution in [2.24, 2.45) is 0 Å². The molecule has 0 aromatic carbocycles. The van der Waals surface area contributed by atoms with Crippen LogP contribution in [0.25, 0.3) is 0 Å². The molecule has 2 heterocycles. The second-order valence-electron chi connectivity index (χ2n) is 6.23. The average Bonchev–Trinajstić information content (AvgIpc) is 2.58. The number of hydrogen-bond acceptors (Lipinski definition) is 6. The molecule has 0 N–H and O–H groups in total. The third kappa shape index (κ3) is 3.30. The van der Waals surface area contributed by atoms with Crippen LogP contribution in [-0.4, -0.2) is 80.1 Å². The van der Waals surface area contributed by atoms with Gasteiger partial charge in [0.15, 0.2) is 11.6 Å². The maximum atomic E-state index is 12.7. The molecular weight excluding hydrogens is 296 g/mol. The summed E-state index contributed by atoms with van der Waals surface area (Å²) in [5.41, 5.74) is 1.74. The zero-order valence-corrected chi connectivity index (χ0v) is 13.8. The fraction of sp³-hybridized carbons (Fsp3) is 0.647. The van der Waals surface area contributed by atoms with Gasteiger partial charge in [0.1, 0.15) is 0 Å². The number of nitrogens with zero attached hydrogens (tertiary/aromatic N) is 2. The van der Waals surface area contributed by atoms with Crippen molar-refractivity contribution in [2.45, 2.75) is 20.0 Å². The lowest BCUT2D eigenvalue weighted by Gasteiger charge is -2.44. The van der Waals surface area contributed by atoms with E-state index in [1.807, 2.05) is 0 Å². The number of allylic oxidation sites excluding steroid dienone is 3. The van der Waals surface area contributed by atoms with Crippen molar-refractivity contribution in [3.63, 3.8) is 0 Å². The van der Waals surface area contributed by atoms with Crippen molar-refractivity contribution in [2.75, 3.05) is 52.6 Å². The first-order chi connectivity index (χ1) is 11.1. The Morgan fingerprint density at radius 1 is 0.913 bits per heavy atom. The highest BCUT2D eigenvalue weighted by Gasteiger charge is 2.37. The molecular formula is C17H24N2O4. The summed E-state index contributed by atoms with van der Waals surface area (Å²) >= 11 is 0. The SMILES string of the molecule is CC1=CC(=O)C(C(N2CCOCC2)N2CCOCC2)=C(C)C1=O. The predicted octanol–water partition coefficient (Wildman–Crippen LogP) is 0.392. The molecule has 0 bridgehead atoms. The Balaban J connectivity index is 1.96. The van der Waals surface area contributed by atoms with Crippen LogP contribution in [0.4, 0.5) is 0 Å². The lowest BCUT2D eigenvalue weighted by Crippen LogP contribution is -2.57. The molecule has 0 radical (unpaired) electrons. The molecule has 3 rings (SSSR count). The van der Waals surface area contributed by atoms with E-state index in [1.54, 1.807) is 13.8 Å². The summed E-state index contributed by atoms with van der Waals surface area (Å²) in [7, 11) is 0. The third-order valence-electron chi connectivity index (χ3n) is 4.76. The lowest BCUT2D eigenvalue weighted by molar-refractivity contribution is -0.118. The van der Waals surface area contributed by atoms with Crippen molar-refractivity contribution in [3.05, 3.63) is 22.8 Å². The standard InChI is InChI=1S/C17H24N2O4/c1-12-11-14(20)15(13(2)16(12)21)17(18-3-7-22-8-4-18)19-5-9-23-10-6-19/h11,17H,3-10H2,1-2H3. The van der Waals surface area contributed by atoms with Crippen LogP contribution in [0.15, 0.2) is 22.8 Å². The molecule has 6 heteroatoms. The minimum Gasteiger partial charge on any atom is -0.379 e. The number of ether oxygens (including phenoxy) is 2. The molecule has 2 aliphatic heterocycles. The Morgan fingerprint density at radius 2 is 1.39 bits per heavy atom. The van der Waals surface area contributed by atoms with Crippen LogP contribution in [0.3, 0.4) is 0 Å². The van der Waals surface area contributed by atoms with Gasteiger partial charge in [0.2, 0.25) is 0 Å². The maximum absolute atomic E-state index is 12.7. The first-order valence-corrected chi connectivity index (χ1v) is 8.21. The van der Waals surface area contributed by atoms with Crippen LogP contribution in [0.2, 0.25) is 0 Å². The minimum atomic E-state index is -0.163. The number of carbonyl (C=O) groups excluding carboxylic acids is 2. The molecule has 0 amide bonds. The van der Waals surface area contributed by atoms with Crippen molar-refractivity contribution in [3.8, 4) is 0 Å². The van der Waals surface area contributed by atoms with Gasteiger partial charge in [0, 0.05) is 42.9 Å². The van der Waals surface area contributed by atoms with E-state index in [9.17, 15) is 9.59 Å². The van der Waals surface area contributed by atoms with Gasteiger partial charge < -0.3 is 9.47 Å². The molecule has 1 aliphatic carbocycles. The van der Waals surface area contributed by atoms with Crippen molar-refractivity contribution in [1.29, 1.82) is 0 Å². The van der Waals surface area contributed by atoms with Crippen LogP contribution in [-0.2, 0) is 19.1 Å². The largest absolute Gasteiger partial charge is 0.379 e. The molecule has 0 unspecified atom stereocenters. The Hall–Kier alpha value is -1.34. The summed E-state index contributed by atoms with van der Waals surface area (Å²) in [6, 6.07) is 0. The zero-order valence-electron chi connectivity index (χ0n) is 13.8. The molecule has 0 spiro atoms. The maximum Gasteiger partial charge on any atom is 0.185 e. The zero-order chi connectivity index (χ0) is 16.4. The topological polar surface area (TPSA) is 59.1 Å². The van der Waals surface area contributed by atoms with E-state index in [0.29, 0.717) is 43.1 Å². The van der Waals surface area contributed by atoms with Crippen molar-refractivity contribution < 1.29 is 19.1 Å². The van der Waals surface area contributed by atoms with E-state index in [4.69, 9.17) is 9.47 Å². The quantitative estimate of drug-likeness (QED) is 0.701.